The van der Waals surface area contributed by atoms with Crippen molar-refractivity contribution in [3.63, 3.8) is 0 Å². The zero-order valence-corrected chi connectivity index (χ0v) is 17.4. The number of halogens is 1. The van der Waals surface area contributed by atoms with Crippen molar-refractivity contribution < 1.29 is 28.6 Å². The number of benzene rings is 2. The third kappa shape index (κ3) is 3.04. The van der Waals surface area contributed by atoms with Crippen molar-refractivity contribution >= 4 is 34.8 Å². The number of methoxy groups -OCH3 is 3. The van der Waals surface area contributed by atoms with Gasteiger partial charge in [0.1, 0.15) is 0 Å². The summed E-state index contributed by atoms with van der Waals surface area (Å²) in [5.74, 6) is 0.438. The van der Waals surface area contributed by atoms with Crippen LogP contribution in [0.4, 0.5) is 5.69 Å². The highest BCUT2D eigenvalue weighted by Crippen LogP contribution is 2.44. The molecule has 2 aliphatic heterocycles. The number of amides is 2. The summed E-state index contributed by atoms with van der Waals surface area (Å²) < 4.78 is 16.2. The van der Waals surface area contributed by atoms with E-state index in [9.17, 15) is 9.59 Å². The average molecular weight is 431 g/mol. The van der Waals surface area contributed by atoms with Gasteiger partial charge in [0, 0.05) is 17.0 Å². The number of nitrogens with zero attached hydrogens (tertiary/aromatic N) is 2. The molecular formula is C21H19ClN2O6. The molecule has 2 aromatic rings. The van der Waals surface area contributed by atoms with E-state index in [0.29, 0.717) is 39.2 Å². The van der Waals surface area contributed by atoms with Gasteiger partial charge in [0.05, 0.1) is 39.1 Å². The molecule has 0 radical (unpaired) electrons. The Morgan fingerprint density at radius 1 is 1.03 bits per heavy atom. The first-order valence-corrected chi connectivity index (χ1v) is 9.49. The maximum Gasteiger partial charge on any atom is 0.281 e. The van der Waals surface area contributed by atoms with Crippen molar-refractivity contribution in [3.8, 4) is 17.2 Å². The molecule has 2 aliphatic rings. The van der Waals surface area contributed by atoms with Crippen molar-refractivity contribution in [3.05, 3.63) is 47.0 Å². The van der Waals surface area contributed by atoms with Crippen LogP contribution in [0.2, 0.25) is 5.02 Å². The number of ether oxygens (including phenoxy) is 3. The van der Waals surface area contributed by atoms with Crippen molar-refractivity contribution in [2.24, 2.45) is 5.16 Å². The second-order valence-corrected chi connectivity index (χ2v) is 7.31. The number of oxime groups is 1. The fraction of sp³-hybridized carbons (Fsp3) is 0.286. The number of hydrogen-bond acceptors (Lipinski definition) is 7. The topological polar surface area (TPSA) is 86.7 Å². The molecule has 0 N–H and O–H groups in total. The Morgan fingerprint density at radius 3 is 2.47 bits per heavy atom. The highest BCUT2D eigenvalue weighted by atomic mass is 35.5. The van der Waals surface area contributed by atoms with Gasteiger partial charge in [-0.05, 0) is 30.3 Å². The maximum absolute atomic E-state index is 13.2. The first-order valence-electron chi connectivity index (χ1n) is 9.11. The Morgan fingerprint density at radius 2 is 1.80 bits per heavy atom. The minimum atomic E-state index is -1.40. The summed E-state index contributed by atoms with van der Waals surface area (Å²) in [5.41, 5.74) is 0.0675. The Bertz CT molecular complexity index is 1070. The Balaban J connectivity index is 1.66. The van der Waals surface area contributed by atoms with E-state index in [-0.39, 0.29) is 18.7 Å². The van der Waals surface area contributed by atoms with Crippen molar-refractivity contribution in [2.45, 2.75) is 18.4 Å². The molecule has 2 amide bonds. The zero-order chi connectivity index (χ0) is 21.5. The summed E-state index contributed by atoms with van der Waals surface area (Å²) in [6.45, 7) is 0. The molecule has 156 valence electrons. The lowest BCUT2D eigenvalue weighted by molar-refractivity contribution is -0.136. The van der Waals surface area contributed by atoms with Gasteiger partial charge in [-0.15, -0.1) is 0 Å². The van der Waals surface area contributed by atoms with Gasteiger partial charge in [-0.2, -0.15) is 0 Å². The number of hydrogen-bond donors (Lipinski definition) is 0. The van der Waals surface area contributed by atoms with Crippen molar-refractivity contribution in [2.75, 3.05) is 26.2 Å². The van der Waals surface area contributed by atoms with Gasteiger partial charge in [0.2, 0.25) is 17.3 Å². The van der Waals surface area contributed by atoms with Crippen LogP contribution >= 0.6 is 11.6 Å². The van der Waals surface area contributed by atoms with Crippen LogP contribution in [0.3, 0.4) is 0 Å². The molecule has 0 saturated carbocycles. The number of carbonyl (C=O) groups excluding carboxylic acids is 2. The summed E-state index contributed by atoms with van der Waals surface area (Å²) in [4.78, 5) is 32.5. The van der Waals surface area contributed by atoms with Crippen LogP contribution in [-0.2, 0) is 14.4 Å². The monoisotopic (exact) mass is 430 g/mol. The molecule has 2 aromatic carbocycles. The fourth-order valence-electron chi connectivity index (χ4n) is 3.75. The molecule has 8 nitrogen and oxygen atoms in total. The van der Waals surface area contributed by atoms with Gasteiger partial charge in [-0.1, -0.05) is 22.8 Å². The standard InChI is InChI=1S/C21H19ClN2O6/c1-27-16-8-7-14(18(28-2)19(16)29-3)15-10-21(30-23-15)11-17(25)24(20(21)26)13-6-4-5-12(22)9-13/h4-9H,10-11H2,1-3H3. The van der Waals surface area contributed by atoms with Crippen LogP contribution in [0.5, 0.6) is 17.2 Å². The van der Waals surface area contributed by atoms with E-state index in [4.69, 9.17) is 30.6 Å². The van der Waals surface area contributed by atoms with Gasteiger partial charge in [-0.3, -0.25) is 9.59 Å². The number of anilines is 1. The predicted molar refractivity (Wildman–Crippen MR) is 110 cm³/mol. The van der Waals surface area contributed by atoms with Gasteiger partial charge in [0.15, 0.2) is 11.5 Å². The Kier molecular flexibility index (Phi) is 5.03. The van der Waals surface area contributed by atoms with Crippen LogP contribution in [0.25, 0.3) is 0 Å². The lowest BCUT2D eigenvalue weighted by Gasteiger charge is -2.20. The Hall–Kier alpha value is -3.26. The van der Waals surface area contributed by atoms with E-state index in [1.807, 2.05) is 0 Å². The highest BCUT2D eigenvalue weighted by molar-refractivity contribution is 6.31. The van der Waals surface area contributed by atoms with Crippen LogP contribution in [0, 0.1) is 0 Å². The summed E-state index contributed by atoms with van der Waals surface area (Å²) in [6, 6.07) is 10.0. The third-order valence-electron chi connectivity index (χ3n) is 5.14. The van der Waals surface area contributed by atoms with E-state index >= 15 is 0 Å². The van der Waals surface area contributed by atoms with Crippen molar-refractivity contribution in [1.82, 2.24) is 0 Å². The molecule has 0 bridgehead atoms. The lowest BCUT2D eigenvalue weighted by atomic mass is 9.92. The summed E-state index contributed by atoms with van der Waals surface area (Å²) in [5, 5.41) is 4.55. The van der Waals surface area contributed by atoms with Crippen LogP contribution in [-0.4, -0.2) is 44.5 Å². The molecule has 9 heteroatoms. The first-order chi connectivity index (χ1) is 14.4. The quantitative estimate of drug-likeness (QED) is 0.677. The molecular weight excluding hydrogens is 412 g/mol. The number of carbonyl (C=O) groups is 2. The van der Waals surface area contributed by atoms with E-state index in [0.717, 1.165) is 4.90 Å². The Labute approximate surface area is 177 Å². The molecule has 2 heterocycles. The van der Waals surface area contributed by atoms with Gasteiger partial charge in [-0.25, -0.2) is 4.90 Å². The number of rotatable bonds is 5. The normalized spacial score (nSPS) is 20.4. The first kappa shape index (κ1) is 20.0. The third-order valence-corrected chi connectivity index (χ3v) is 5.38. The smallest absolute Gasteiger partial charge is 0.281 e. The molecule has 0 aliphatic carbocycles. The SMILES string of the molecule is COc1ccc(C2=NOC3(CC(=O)N(c4cccc(Cl)c4)C3=O)C2)c(OC)c1OC. The van der Waals surface area contributed by atoms with Crippen LogP contribution < -0.4 is 19.1 Å². The second kappa shape index (κ2) is 7.53. The minimum Gasteiger partial charge on any atom is -0.493 e. The molecule has 0 aromatic heterocycles. The van der Waals surface area contributed by atoms with E-state index in [1.165, 1.54) is 21.3 Å². The summed E-state index contributed by atoms with van der Waals surface area (Å²) in [7, 11) is 4.52. The van der Waals surface area contributed by atoms with Gasteiger partial charge >= 0.3 is 0 Å². The largest absolute Gasteiger partial charge is 0.493 e. The van der Waals surface area contributed by atoms with Gasteiger partial charge < -0.3 is 19.0 Å². The molecule has 4 rings (SSSR count). The van der Waals surface area contributed by atoms with Crippen LogP contribution in [0.1, 0.15) is 18.4 Å². The molecule has 1 atom stereocenters. The van der Waals surface area contributed by atoms with E-state index < -0.39 is 11.5 Å². The predicted octanol–water partition coefficient (Wildman–Crippen LogP) is 3.19. The zero-order valence-electron chi connectivity index (χ0n) is 16.6. The van der Waals surface area contributed by atoms with Crippen molar-refractivity contribution in [1.29, 1.82) is 0 Å². The van der Waals surface area contributed by atoms with E-state index in [2.05, 4.69) is 5.16 Å². The molecule has 30 heavy (non-hydrogen) atoms. The van der Waals surface area contributed by atoms with E-state index in [1.54, 1.807) is 36.4 Å². The molecule has 1 saturated heterocycles. The average Bonchev–Trinajstić information content (AvgIpc) is 3.27. The maximum atomic E-state index is 13.2. The highest BCUT2D eigenvalue weighted by Gasteiger charge is 2.58. The lowest BCUT2D eigenvalue weighted by Crippen LogP contribution is -2.40. The van der Waals surface area contributed by atoms with Crippen LogP contribution in [0.15, 0.2) is 41.6 Å². The number of imide groups is 1. The summed E-state index contributed by atoms with van der Waals surface area (Å²) >= 11 is 6.02. The second-order valence-electron chi connectivity index (χ2n) is 6.87. The molecule has 1 fully saturated rings. The fourth-order valence-corrected chi connectivity index (χ4v) is 3.94. The summed E-state index contributed by atoms with van der Waals surface area (Å²) in [6.07, 6.45) is -0.0125. The van der Waals surface area contributed by atoms with Gasteiger partial charge in [0.25, 0.3) is 5.91 Å². The molecule has 1 unspecified atom stereocenters. The molecule has 1 spiro atoms. The minimum absolute atomic E-state index is 0.112.